The smallest absolute Gasteiger partial charge is 0.306 e. The van der Waals surface area contributed by atoms with Crippen LogP contribution in [0.2, 0.25) is 0 Å². The highest BCUT2D eigenvalue weighted by Crippen LogP contribution is 2.30. The van der Waals surface area contributed by atoms with Gasteiger partial charge in [-0.3, -0.25) is 9.69 Å². The third-order valence-electron chi connectivity index (χ3n) is 5.72. The van der Waals surface area contributed by atoms with Crippen LogP contribution in [0, 0.1) is 12.8 Å². The molecule has 5 nitrogen and oxygen atoms in total. The molecule has 0 aromatic heterocycles. The van der Waals surface area contributed by atoms with Crippen LogP contribution >= 0.6 is 0 Å². The van der Waals surface area contributed by atoms with Gasteiger partial charge in [0.1, 0.15) is 0 Å². The maximum absolute atomic E-state index is 9.76. The Labute approximate surface area is 150 Å². The lowest BCUT2D eigenvalue weighted by Gasteiger charge is -2.29. The Morgan fingerprint density at radius 2 is 1.96 bits per heavy atom. The van der Waals surface area contributed by atoms with Crippen molar-refractivity contribution in [3.05, 3.63) is 23.8 Å². The van der Waals surface area contributed by atoms with Crippen LogP contribution in [0.5, 0.6) is 0 Å². The summed E-state index contributed by atoms with van der Waals surface area (Å²) in [6, 6.07) is 7.81. The lowest BCUT2D eigenvalue weighted by Crippen LogP contribution is -2.39. The van der Waals surface area contributed by atoms with Crippen LogP contribution < -0.4 is 10.6 Å². The number of carbonyl (C=O) groups is 1. The Hall–Kier alpha value is -1.75. The van der Waals surface area contributed by atoms with Crippen molar-refractivity contribution in [1.82, 2.24) is 4.90 Å². The number of anilines is 2. The van der Waals surface area contributed by atoms with Gasteiger partial charge in [-0.1, -0.05) is 0 Å². The van der Waals surface area contributed by atoms with E-state index in [9.17, 15) is 4.79 Å². The monoisotopic (exact) mass is 345 g/mol. The predicted molar refractivity (Wildman–Crippen MR) is 102 cm³/mol. The van der Waals surface area contributed by atoms with E-state index >= 15 is 0 Å². The van der Waals surface area contributed by atoms with E-state index in [-0.39, 0.29) is 5.92 Å². The van der Waals surface area contributed by atoms with E-state index in [2.05, 4.69) is 35.8 Å². The van der Waals surface area contributed by atoms with Crippen molar-refractivity contribution in [2.75, 3.05) is 30.3 Å². The van der Waals surface area contributed by atoms with Gasteiger partial charge < -0.3 is 15.7 Å². The largest absolute Gasteiger partial charge is 0.481 e. The highest BCUT2D eigenvalue weighted by Gasteiger charge is 2.33. The van der Waals surface area contributed by atoms with Gasteiger partial charge in [0.05, 0.1) is 5.92 Å². The number of hydrogen-bond donors (Lipinski definition) is 2. The molecule has 2 atom stereocenters. The lowest BCUT2D eigenvalue weighted by molar-refractivity contribution is -0.138. The molecule has 1 saturated carbocycles. The Bertz CT molecular complexity index is 615. The molecular weight excluding hydrogens is 314 g/mol. The topological polar surface area (TPSA) is 69.8 Å². The minimum atomic E-state index is -0.630. The highest BCUT2D eigenvalue weighted by atomic mass is 16.4. The average Bonchev–Trinajstić information content (AvgIpc) is 3.17. The molecule has 2 heterocycles. The van der Waals surface area contributed by atoms with Crippen molar-refractivity contribution in [3.8, 4) is 0 Å². The van der Waals surface area contributed by atoms with Gasteiger partial charge in [0.2, 0.25) is 0 Å². The maximum atomic E-state index is 9.76. The molecule has 1 aromatic rings. The summed E-state index contributed by atoms with van der Waals surface area (Å²) in [4.78, 5) is 15.0. The minimum Gasteiger partial charge on any atom is -0.481 e. The molecule has 3 aliphatic rings. The lowest BCUT2D eigenvalue weighted by atomic mass is 10.1. The van der Waals surface area contributed by atoms with Crippen LogP contribution in [-0.2, 0) is 4.79 Å². The van der Waals surface area contributed by atoms with Crippen LogP contribution in [0.3, 0.4) is 0 Å². The molecular formula is C20H31N3O2. The summed E-state index contributed by atoms with van der Waals surface area (Å²) < 4.78 is 0. The van der Waals surface area contributed by atoms with E-state index in [0.29, 0.717) is 0 Å². The number of aliphatic carboxylic acids is 1. The molecule has 1 aliphatic carbocycles. The number of carboxylic acid groups (broad SMARTS) is 1. The molecule has 2 aliphatic heterocycles. The van der Waals surface area contributed by atoms with Gasteiger partial charge in [-0.15, -0.1) is 0 Å². The van der Waals surface area contributed by atoms with E-state index in [0.717, 1.165) is 30.6 Å². The molecule has 3 N–H and O–H groups in total. The van der Waals surface area contributed by atoms with Gasteiger partial charge in [-0.25, -0.2) is 0 Å². The summed E-state index contributed by atoms with van der Waals surface area (Å²) in [6.45, 7) is 8.19. The molecule has 2 saturated heterocycles. The third-order valence-corrected chi connectivity index (χ3v) is 5.72. The Balaban J connectivity index is 0.000000258. The van der Waals surface area contributed by atoms with Crippen LogP contribution in [0.15, 0.2) is 18.2 Å². The fourth-order valence-electron chi connectivity index (χ4n) is 4.09. The summed E-state index contributed by atoms with van der Waals surface area (Å²) in [5.41, 5.74) is 9.38. The number of likely N-dealkylation sites (tertiary alicyclic amines) is 1. The van der Waals surface area contributed by atoms with E-state index in [1.807, 2.05) is 6.07 Å². The Morgan fingerprint density at radius 3 is 2.48 bits per heavy atom. The summed E-state index contributed by atoms with van der Waals surface area (Å²) in [5, 5.41) is 8.05. The molecule has 138 valence electrons. The van der Waals surface area contributed by atoms with Crippen molar-refractivity contribution in [1.29, 1.82) is 0 Å². The van der Waals surface area contributed by atoms with Crippen LogP contribution in [0.25, 0.3) is 0 Å². The van der Waals surface area contributed by atoms with Gasteiger partial charge in [-0.2, -0.15) is 0 Å². The fourth-order valence-corrected chi connectivity index (χ4v) is 4.09. The summed E-state index contributed by atoms with van der Waals surface area (Å²) in [5.74, 6) is -0.611. The van der Waals surface area contributed by atoms with Gasteiger partial charge >= 0.3 is 5.97 Å². The van der Waals surface area contributed by atoms with Crippen molar-refractivity contribution in [2.24, 2.45) is 5.92 Å². The van der Waals surface area contributed by atoms with Crippen molar-refractivity contribution >= 4 is 17.3 Å². The SMILES string of the molecule is Cc1cc(N)ccc1N1CCC(N2CCCC2C)C1.O=C(O)C1CC1. The number of benzene rings is 1. The molecule has 0 radical (unpaired) electrons. The van der Waals surface area contributed by atoms with Gasteiger partial charge in [0.25, 0.3) is 0 Å². The molecule has 2 unspecified atom stereocenters. The number of nitrogens with two attached hydrogens (primary N) is 1. The minimum absolute atomic E-state index is 0.0185. The predicted octanol–water partition coefficient (Wildman–Crippen LogP) is 3.12. The first kappa shape index (κ1) is 18.1. The first-order valence-electron chi connectivity index (χ1n) is 9.55. The normalized spacial score (nSPS) is 26.4. The number of carboxylic acids is 1. The van der Waals surface area contributed by atoms with Gasteiger partial charge in [-0.05, 0) is 76.3 Å². The molecule has 25 heavy (non-hydrogen) atoms. The second kappa shape index (κ2) is 7.65. The molecule has 0 spiro atoms. The highest BCUT2D eigenvalue weighted by molar-refractivity contribution is 5.72. The first-order chi connectivity index (χ1) is 12.0. The zero-order valence-corrected chi connectivity index (χ0v) is 15.4. The van der Waals surface area contributed by atoms with Crippen molar-refractivity contribution in [2.45, 2.75) is 58.0 Å². The average molecular weight is 345 g/mol. The zero-order valence-electron chi connectivity index (χ0n) is 15.4. The van der Waals surface area contributed by atoms with Crippen molar-refractivity contribution < 1.29 is 9.90 Å². The number of nitrogen functional groups attached to an aromatic ring is 1. The van der Waals surface area contributed by atoms with Crippen molar-refractivity contribution in [3.63, 3.8) is 0 Å². The first-order valence-corrected chi connectivity index (χ1v) is 9.55. The summed E-state index contributed by atoms with van der Waals surface area (Å²) >= 11 is 0. The summed E-state index contributed by atoms with van der Waals surface area (Å²) in [6.07, 6.45) is 5.84. The number of hydrogen-bond acceptors (Lipinski definition) is 4. The van der Waals surface area contributed by atoms with Crippen LogP contribution in [0.1, 0.15) is 44.6 Å². The van der Waals surface area contributed by atoms with Gasteiger partial charge in [0, 0.05) is 36.5 Å². The number of aryl methyl sites for hydroxylation is 1. The second-order valence-corrected chi connectivity index (χ2v) is 7.78. The molecule has 1 aromatic carbocycles. The Kier molecular flexibility index (Phi) is 5.52. The quantitative estimate of drug-likeness (QED) is 0.824. The van der Waals surface area contributed by atoms with E-state index in [4.69, 9.17) is 10.8 Å². The van der Waals surface area contributed by atoms with E-state index in [1.54, 1.807) is 0 Å². The molecule has 3 fully saturated rings. The van der Waals surface area contributed by atoms with Crippen LogP contribution in [-0.4, -0.2) is 47.7 Å². The molecule has 0 amide bonds. The zero-order chi connectivity index (χ0) is 18.0. The maximum Gasteiger partial charge on any atom is 0.306 e. The van der Waals surface area contributed by atoms with E-state index in [1.165, 1.54) is 50.1 Å². The molecule has 4 rings (SSSR count). The standard InChI is InChI=1S/C16H25N3.C4H6O2/c1-12-10-14(17)5-6-16(12)18-9-7-15(11-18)19-8-3-4-13(19)2;5-4(6)3-1-2-3/h5-6,10,13,15H,3-4,7-9,11,17H2,1-2H3;3H,1-2H2,(H,5,6). The number of nitrogens with zero attached hydrogens (tertiary/aromatic N) is 2. The fraction of sp³-hybridized carbons (Fsp3) is 0.650. The summed E-state index contributed by atoms with van der Waals surface area (Å²) in [7, 11) is 0. The van der Waals surface area contributed by atoms with E-state index < -0.39 is 5.97 Å². The van der Waals surface area contributed by atoms with Crippen LogP contribution in [0.4, 0.5) is 11.4 Å². The van der Waals surface area contributed by atoms with Gasteiger partial charge in [0.15, 0.2) is 0 Å². The Morgan fingerprint density at radius 1 is 1.20 bits per heavy atom. The number of rotatable bonds is 3. The molecule has 0 bridgehead atoms. The second-order valence-electron chi connectivity index (χ2n) is 7.78. The third kappa shape index (κ3) is 4.46. The molecule has 5 heteroatoms.